The third-order valence-electron chi connectivity index (χ3n) is 3.83. The number of aryl methyl sites for hydroxylation is 2. The SMILES string of the molecule is Cc1cc2c(cc1C)OC(C(=O)NCc1nc(C(=O)O)cs1)C2. The van der Waals surface area contributed by atoms with Gasteiger partial charge in [-0.25, -0.2) is 9.78 Å². The molecule has 0 saturated heterocycles. The van der Waals surface area contributed by atoms with Crippen LogP contribution >= 0.6 is 11.3 Å². The molecule has 2 N–H and O–H groups in total. The summed E-state index contributed by atoms with van der Waals surface area (Å²) < 4.78 is 5.71. The number of rotatable bonds is 4. The number of aromatic carboxylic acids is 1. The molecule has 1 aliphatic heterocycles. The number of fused-ring (bicyclic) bond motifs is 1. The first-order chi connectivity index (χ1) is 10.9. The molecular formula is C16H16N2O4S. The number of carboxylic acid groups (broad SMARTS) is 1. The average molecular weight is 332 g/mol. The summed E-state index contributed by atoms with van der Waals surface area (Å²) in [7, 11) is 0. The van der Waals surface area contributed by atoms with E-state index in [1.807, 2.05) is 19.9 Å². The Morgan fingerprint density at radius 2 is 2.13 bits per heavy atom. The number of hydrogen-bond acceptors (Lipinski definition) is 5. The van der Waals surface area contributed by atoms with E-state index in [-0.39, 0.29) is 18.1 Å². The van der Waals surface area contributed by atoms with E-state index in [9.17, 15) is 9.59 Å². The molecule has 1 aromatic heterocycles. The van der Waals surface area contributed by atoms with Crippen LogP contribution in [0.3, 0.4) is 0 Å². The monoisotopic (exact) mass is 332 g/mol. The smallest absolute Gasteiger partial charge is 0.355 e. The Morgan fingerprint density at radius 1 is 1.39 bits per heavy atom. The zero-order chi connectivity index (χ0) is 16.6. The minimum Gasteiger partial charge on any atom is -0.480 e. The molecule has 2 aromatic rings. The first-order valence-electron chi connectivity index (χ1n) is 7.16. The van der Waals surface area contributed by atoms with Gasteiger partial charge in [-0.15, -0.1) is 11.3 Å². The van der Waals surface area contributed by atoms with Crippen molar-refractivity contribution in [3.8, 4) is 5.75 Å². The molecule has 7 heteroatoms. The van der Waals surface area contributed by atoms with Gasteiger partial charge in [0, 0.05) is 11.8 Å². The van der Waals surface area contributed by atoms with Gasteiger partial charge in [0.05, 0.1) is 6.54 Å². The molecule has 1 aromatic carbocycles. The number of nitrogens with one attached hydrogen (secondary N) is 1. The van der Waals surface area contributed by atoms with Crippen LogP contribution in [-0.2, 0) is 17.8 Å². The van der Waals surface area contributed by atoms with Gasteiger partial charge in [0.25, 0.3) is 5.91 Å². The van der Waals surface area contributed by atoms with E-state index in [0.717, 1.165) is 16.9 Å². The lowest BCUT2D eigenvalue weighted by Gasteiger charge is -2.10. The fourth-order valence-electron chi connectivity index (χ4n) is 2.43. The minimum atomic E-state index is -1.07. The van der Waals surface area contributed by atoms with Crippen LogP contribution in [0.15, 0.2) is 17.5 Å². The number of carbonyl (C=O) groups is 2. The molecule has 0 fully saturated rings. The van der Waals surface area contributed by atoms with Crippen LogP contribution in [0, 0.1) is 13.8 Å². The lowest BCUT2D eigenvalue weighted by Crippen LogP contribution is -2.37. The number of amides is 1. The van der Waals surface area contributed by atoms with Crippen molar-refractivity contribution in [3.63, 3.8) is 0 Å². The van der Waals surface area contributed by atoms with Gasteiger partial charge in [0.15, 0.2) is 11.8 Å². The molecule has 0 aliphatic carbocycles. The Hall–Kier alpha value is -2.41. The third kappa shape index (κ3) is 3.19. The van der Waals surface area contributed by atoms with Crippen molar-refractivity contribution in [2.24, 2.45) is 0 Å². The summed E-state index contributed by atoms with van der Waals surface area (Å²) >= 11 is 1.21. The number of nitrogens with zero attached hydrogens (tertiary/aromatic N) is 1. The molecule has 1 atom stereocenters. The quantitative estimate of drug-likeness (QED) is 0.895. The highest BCUT2D eigenvalue weighted by molar-refractivity contribution is 7.09. The second-order valence-corrected chi connectivity index (χ2v) is 6.45. The van der Waals surface area contributed by atoms with Gasteiger partial charge in [0.2, 0.25) is 0 Å². The number of aromatic nitrogens is 1. The molecule has 1 aliphatic rings. The summed E-state index contributed by atoms with van der Waals surface area (Å²) in [4.78, 5) is 26.9. The van der Waals surface area contributed by atoms with Crippen molar-refractivity contribution in [2.45, 2.75) is 32.9 Å². The van der Waals surface area contributed by atoms with Crippen molar-refractivity contribution in [1.29, 1.82) is 0 Å². The van der Waals surface area contributed by atoms with Crippen LogP contribution in [0.25, 0.3) is 0 Å². The fourth-order valence-corrected chi connectivity index (χ4v) is 3.13. The van der Waals surface area contributed by atoms with Gasteiger partial charge < -0.3 is 15.2 Å². The normalized spacial score (nSPS) is 15.8. The first kappa shape index (κ1) is 15.5. The molecule has 1 unspecified atom stereocenters. The number of carbonyl (C=O) groups excluding carboxylic acids is 1. The maximum absolute atomic E-state index is 12.2. The van der Waals surface area contributed by atoms with E-state index in [4.69, 9.17) is 9.84 Å². The second-order valence-electron chi connectivity index (χ2n) is 5.50. The highest BCUT2D eigenvalue weighted by Crippen LogP contribution is 2.31. The molecule has 3 rings (SSSR count). The van der Waals surface area contributed by atoms with E-state index in [1.165, 1.54) is 22.3 Å². The van der Waals surface area contributed by atoms with E-state index in [2.05, 4.69) is 16.4 Å². The molecule has 120 valence electrons. The van der Waals surface area contributed by atoms with Gasteiger partial charge in [-0.2, -0.15) is 0 Å². The summed E-state index contributed by atoms with van der Waals surface area (Å²) in [5, 5.41) is 13.6. The summed E-state index contributed by atoms with van der Waals surface area (Å²) in [6.45, 7) is 4.24. The van der Waals surface area contributed by atoms with Gasteiger partial charge in [0.1, 0.15) is 10.8 Å². The van der Waals surface area contributed by atoms with Crippen LogP contribution in [0.1, 0.15) is 32.2 Å². The molecule has 0 bridgehead atoms. The van der Waals surface area contributed by atoms with Crippen molar-refractivity contribution < 1.29 is 19.4 Å². The maximum Gasteiger partial charge on any atom is 0.355 e. The Morgan fingerprint density at radius 3 is 2.83 bits per heavy atom. The summed E-state index contributed by atoms with van der Waals surface area (Å²) in [6.07, 6.45) is -0.00863. The van der Waals surface area contributed by atoms with E-state index in [0.29, 0.717) is 11.4 Å². The van der Waals surface area contributed by atoms with Gasteiger partial charge in [-0.05, 0) is 36.6 Å². The number of hydrogen-bond donors (Lipinski definition) is 2. The standard InChI is InChI=1S/C16H16N2O4S/c1-8-3-10-5-13(22-12(10)4-9(8)2)15(19)17-6-14-18-11(7-23-14)16(20)21/h3-4,7,13H,5-6H2,1-2H3,(H,17,19)(H,20,21). The Labute approximate surface area is 137 Å². The predicted molar refractivity (Wildman–Crippen MR) is 85.0 cm³/mol. The molecule has 23 heavy (non-hydrogen) atoms. The molecule has 1 amide bonds. The van der Waals surface area contributed by atoms with Gasteiger partial charge in [-0.1, -0.05) is 6.07 Å². The molecule has 2 heterocycles. The van der Waals surface area contributed by atoms with Crippen LogP contribution in [-0.4, -0.2) is 28.1 Å². The number of ether oxygens (including phenoxy) is 1. The second kappa shape index (κ2) is 6.00. The largest absolute Gasteiger partial charge is 0.480 e. The van der Waals surface area contributed by atoms with Crippen LogP contribution in [0.5, 0.6) is 5.75 Å². The zero-order valence-corrected chi connectivity index (χ0v) is 13.6. The van der Waals surface area contributed by atoms with Crippen molar-refractivity contribution in [3.05, 3.63) is 44.9 Å². The number of benzene rings is 1. The van der Waals surface area contributed by atoms with Crippen LogP contribution < -0.4 is 10.1 Å². The summed E-state index contributed by atoms with van der Waals surface area (Å²) in [5.41, 5.74) is 3.34. The van der Waals surface area contributed by atoms with Crippen molar-refractivity contribution in [2.75, 3.05) is 0 Å². The molecular weight excluding hydrogens is 316 g/mol. The Bertz CT molecular complexity index is 753. The molecule has 6 nitrogen and oxygen atoms in total. The summed E-state index contributed by atoms with van der Waals surface area (Å²) in [5.74, 6) is -0.529. The van der Waals surface area contributed by atoms with Crippen molar-refractivity contribution in [1.82, 2.24) is 10.3 Å². The number of carboxylic acids is 1. The van der Waals surface area contributed by atoms with Crippen LogP contribution in [0.2, 0.25) is 0 Å². The highest BCUT2D eigenvalue weighted by Gasteiger charge is 2.29. The molecule has 0 saturated carbocycles. The molecule has 0 spiro atoms. The predicted octanol–water partition coefficient (Wildman–Crippen LogP) is 2.08. The van der Waals surface area contributed by atoms with Crippen molar-refractivity contribution >= 4 is 23.2 Å². The summed E-state index contributed by atoms with van der Waals surface area (Å²) in [6, 6.07) is 4.01. The minimum absolute atomic E-state index is 0.00489. The lowest BCUT2D eigenvalue weighted by atomic mass is 10.0. The van der Waals surface area contributed by atoms with E-state index in [1.54, 1.807) is 0 Å². The molecule has 0 radical (unpaired) electrons. The van der Waals surface area contributed by atoms with E-state index >= 15 is 0 Å². The number of thiazole rings is 1. The average Bonchev–Trinajstić information content (AvgIpc) is 3.12. The zero-order valence-electron chi connectivity index (χ0n) is 12.8. The Kier molecular flexibility index (Phi) is 4.04. The lowest BCUT2D eigenvalue weighted by molar-refractivity contribution is -0.127. The third-order valence-corrected chi connectivity index (χ3v) is 4.68. The fraction of sp³-hybridized carbons (Fsp3) is 0.312. The maximum atomic E-state index is 12.2. The first-order valence-corrected chi connectivity index (χ1v) is 8.04. The Balaban J connectivity index is 1.60. The highest BCUT2D eigenvalue weighted by atomic mass is 32.1. The van der Waals surface area contributed by atoms with E-state index < -0.39 is 12.1 Å². The van der Waals surface area contributed by atoms with Gasteiger partial charge >= 0.3 is 5.97 Å². The topological polar surface area (TPSA) is 88.5 Å². The van der Waals surface area contributed by atoms with Gasteiger partial charge in [-0.3, -0.25) is 4.79 Å². The van der Waals surface area contributed by atoms with Crippen LogP contribution in [0.4, 0.5) is 0 Å².